The molecule has 0 bridgehead atoms. The lowest BCUT2D eigenvalue weighted by Crippen LogP contribution is -2.39. The number of nitrogens with zero attached hydrogens (tertiary/aromatic N) is 3. The maximum Gasteiger partial charge on any atom is 0.132 e. The summed E-state index contributed by atoms with van der Waals surface area (Å²) in [4.78, 5) is 11.2. The molecule has 1 aliphatic rings. The van der Waals surface area contributed by atoms with E-state index in [1.165, 1.54) is 6.07 Å². The lowest BCUT2D eigenvalue weighted by atomic mass is 10.0. The second kappa shape index (κ2) is 6.62. The standard InChI is InChI=1S/C18H22FN3O/c1-4-15-10-18(21-13(3)20-15)22-7-8-23-17(11-22)14-5-6-16(19)12(2)9-14/h5-6,9-10,17H,4,7-8,11H2,1-3H3. The SMILES string of the molecule is CCc1cc(N2CCOC(c3ccc(F)c(C)c3)C2)nc(C)n1. The Kier molecular flexibility index (Phi) is 4.57. The minimum Gasteiger partial charge on any atom is -0.370 e. The first-order chi connectivity index (χ1) is 11.1. The zero-order valence-electron chi connectivity index (χ0n) is 13.8. The molecule has 4 nitrogen and oxygen atoms in total. The average Bonchev–Trinajstić information content (AvgIpc) is 2.57. The predicted octanol–water partition coefficient (Wildman–Crippen LogP) is 3.37. The summed E-state index contributed by atoms with van der Waals surface area (Å²) in [7, 11) is 0. The van der Waals surface area contributed by atoms with Crippen molar-refractivity contribution in [3.63, 3.8) is 0 Å². The molecular weight excluding hydrogens is 293 g/mol. The first-order valence-corrected chi connectivity index (χ1v) is 8.04. The largest absolute Gasteiger partial charge is 0.370 e. The van der Waals surface area contributed by atoms with E-state index in [4.69, 9.17) is 4.74 Å². The van der Waals surface area contributed by atoms with Crippen LogP contribution in [0.15, 0.2) is 24.3 Å². The number of ether oxygens (including phenoxy) is 1. The smallest absolute Gasteiger partial charge is 0.132 e. The number of benzene rings is 1. The third kappa shape index (κ3) is 3.50. The summed E-state index contributed by atoms with van der Waals surface area (Å²) in [6.45, 7) is 7.94. The van der Waals surface area contributed by atoms with Crippen molar-refractivity contribution in [3.05, 3.63) is 52.7 Å². The van der Waals surface area contributed by atoms with E-state index in [-0.39, 0.29) is 11.9 Å². The van der Waals surface area contributed by atoms with Gasteiger partial charge in [-0.05, 0) is 37.5 Å². The van der Waals surface area contributed by atoms with E-state index in [1.807, 2.05) is 19.1 Å². The summed E-state index contributed by atoms with van der Waals surface area (Å²) in [5.74, 6) is 1.56. The molecule has 1 fully saturated rings. The van der Waals surface area contributed by atoms with Crippen molar-refractivity contribution in [3.8, 4) is 0 Å². The van der Waals surface area contributed by atoms with Crippen LogP contribution in [0.4, 0.5) is 10.2 Å². The summed E-state index contributed by atoms with van der Waals surface area (Å²) < 4.78 is 19.4. The minimum absolute atomic E-state index is 0.0663. The molecule has 0 saturated carbocycles. The summed E-state index contributed by atoms with van der Waals surface area (Å²) in [5, 5.41) is 0. The van der Waals surface area contributed by atoms with Crippen molar-refractivity contribution in [2.45, 2.75) is 33.3 Å². The highest BCUT2D eigenvalue weighted by molar-refractivity contribution is 5.41. The number of aryl methyl sites for hydroxylation is 3. The summed E-state index contributed by atoms with van der Waals surface area (Å²) in [6.07, 6.45) is 0.824. The van der Waals surface area contributed by atoms with Crippen LogP contribution < -0.4 is 4.90 Å². The highest BCUT2D eigenvalue weighted by Gasteiger charge is 2.24. The zero-order chi connectivity index (χ0) is 16.4. The van der Waals surface area contributed by atoms with Gasteiger partial charge in [-0.15, -0.1) is 0 Å². The molecule has 23 heavy (non-hydrogen) atoms. The lowest BCUT2D eigenvalue weighted by Gasteiger charge is -2.34. The summed E-state index contributed by atoms with van der Waals surface area (Å²) in [6, 6.07) is 7.23. The number of morpholine rings is 1. The van der Waals surface area contributed by atoms with Gasteiger partial charge in [-0.3, -0.25) is 0 Å². The quantitative estimate of drug-likeness (QED) is 0.870. The predicted molar refractivity (Wildman–Crippen MR) is 88.2 cm³/mol. The molecule has 3 rings (SSSR count). The Balaban J connectivity index is 1.83. The van der Waals surface area contributed by atoms with E-state index in [9.17, 15) is 4.39 Å². The van der Waals surface area contributed by atoms with Crippen LogP contribution in [-0.4, -0.2) is 29.7 Å². The number of hydrogen-bond donors (Lipinski definition) is 0. The summed E-state index contributed by atoms with van der Waals surface area (Å²) >= 11 is 0. The van der Waals surface area contributed by atoms with Gasteiger partial charge in [0.1, 0.15) is 23.6 Å². The molecule has 2 heterocycles. The van der Waals surface area contributed by atoms with Gasteiger partial charge in [-0.1, -0.05) is 19.1 Å². The Hall–Kier alpha value is -2.01. The van der Waals surface area contributed by atoms with E-state index >= 15 is 0 Å². The Morgan fingerprint density at radius 1 is 1.26 bits per heavy atom. The van der Waals surface area contributed by atoms with Crippen molar-refractivity contribution in [1.29, 1.82) is 0 Å². The third-order valence-corrected chi connectivity index (χ3v) is 4.18. The minimum atomic E-state index is -0.180. The van der Waals surface area contributed by atoms with Gasteiger partial charge in [-0.25, -0.2) is 14.4 Å². The first-order valence-electron chi connectivity index (χ1n) is 8.04. The van der Waals surface area contributed by atoms with Crippen molar-refractivity contribution in [2.24, 2.45) is 0 Å². The molecule has 1 aromatic heterocycles. The van der Waals surface area contributed by atoms with Crippen LogP contribution in [-0.2, 0) is 11.2 Å². The van der Waals surface area contributed by atoms with E-state index < -0.39 is 0 Å². The van der Waals surface area contributed by atoms with Crippen molar-refractivity contribution in [2.75, 3.05) is 24.6 Å². The molecule has 0 amide bonds. The second-order valence-electron chi connectivity index (χ2n) is 5.93. The molecule has 0 aliphatic carbocycles. The van der Waals surface area contributed by atoms with Gasteiger partial charge in [0.15, 0.2) is 0 Å². The van der Waals surface area contributed by atoms with E-state index in [2.05, 4.69) is 21.8 Å². The zero-order valence-corrected chi connectivity index (χ0v) is 13.8. The van der Waals surface area contributed by atoms with Crippen molar-refractivity contribution < 1.29 is 9.13 Å². The van der Waals surface area contributed by atoms with Crippen LogP contribution in [0.3, 0.4) is 0 Å². The average molecular weight is 315 g/mol. The van der Waals surface area contributed by atoms with Crippen LogP contribution in [0.5, 0.6) is 0 Å². The first kappa shape index (κ1) is 15.9. The Labute approximate surface area is 136 Å². The van der Waals surface area contributed by atoms with E-state index in [0.29, 0.717) is 18.7 Å². The molecule has 2 aromatic rings. The maximum absolute atomic E-state index is 13.5. The molecule has 1 saturated heterocycles. The van der Waals surface area contributed by atoms with E-state index in [1.54, 1.807) is 13.0 Å². The van der Waals surface area contributed by atoms with Crippen LogP contribution in [0.2, 0.25) is 0 Å². The fourth-order valence-corrected chi connectivity index (χ4v) is 2.88. The number of aromatic nitrogens is 2. The van der Waals surface area contributed by atoms with Crippen molar-refractivity contribution >= 4 is 5.82 Å². The second-order valence-corrected chi connectivity index (χ2v) is 5.93. The van der Waals surface area contributed by atoms with Gasteiger partial charge in [-0.2, -0.15) is 0 Å². The highest BCUT2D eigenvalue weighted by atomic mass is 19.1. The molecule has 0 N–H and O–H groups in total. The normalized spacial score (nSPS) is 18.3. The Morgan fingerprint density at radius 3 is 2.83 bits per heavy atom. The van der Waals surface area contributed by atoms with Gasteiger partial charge in [0, 0.05) is 24.8 Å². The molecule has 1 unspecified atom stereocenters. The fourth-order valence-electron chi connectivity index (χ4n) is 2.88. The monoisotopic (exact) mass is 315 g/mol. The van der Waals surface area contributed by atoms with Crippen LogP contribution in [0.25, 0.3) is 0 Å². The number of halogens is 1. The molecule has 1 aliphatic heterocycles. The Morgan fingerprint density at radius 2 is 2.09 bits per heavy atom. The summed E-state index contributed by atoms with van der Waals surface area (Å²) in [5.41, 5.74) is 2.71. The molecule has 122 valence electrons. The molecule has 0 spiro atoms. The maximum atomic E-state index is 13.5. The molecule has 1 aromatic carbocycles. The number of hydrogen-bond acceptors (Lipinski definition) is 4. The van der Waals surface area contributed by atoms with Gasteiger partial charge < -0.3 is 9.64 Å². The molecule has 1 atom stereocenters. The third-order valence-electron chi connectivity index (χ3n) is 4.18. The number of rotatable bonds is 3. The van der Waals surface area contributed by atoms with Crippen LogP contribution in [0, 0.1) is 19.7 Å². The number of anilines is 1. The van der Waals surface area contributed by atoms with Crippen LogP contribution >= 0.6 is 0 Å². The van der Waals surface area contributed by atoms with Gasteiger partial charge in [0.05, 0.1) is 6.61 Å². The van der Waals surface area contributed by atoms with Crippen molar-refractivity contribution in [1.82, 2.24) is 9.97 Å². The van der Waals surface area contributed by atoms with Crippen LogP contribution in [0.1, 0.15) is 35.7 Å². The Bertz CT molecular complexity index is 705. The highest BCUT2D eigenvalue weighted by Crippen LogP contribution is 2.26. The fraction of sp³-hybridized carbons (Fsp3) is 0.444. The molecule has 0 radical (unpaired) electrons. The van der Waals surface area contributed by atoms with Gasteiger partial charge in [0.25, 0.3) is 0 Å². The van der Waals surface area contributed by atoms with Gasteiger partial charge >= 0.3 is 0 Å². The lowest BCUT2D eigenvalue weighted by molar-refractivity contribution is 0.0394. The van der Waals surface area contributed by atoms with E-state index in [0.717, 1.165) is 35.9 Å². The molecular formula is C18H22FN3O. The van der Waals surface area contributed by atoms with Gasteiger partial charge in [0.2, 0.25) is 0 Å². The molecule has 5 heteroatoms. The topological polar surface area (TPSA) is 38.2 Å².